The second-order valence-electron chi connectivity index (χ2n) is 10.1. The summed E-state index contributed by atoms with van der Waals surface area (Å²) in [6.07, 6.45) is 0.491. The standard InChI is InChI=1S/C31H32O10Se2/c1-16(30(34)35)8-20(32)28-12-18-10-22(38-3)24(14-26(18)42-28)40-6-5-7-41-25-15-27-19(11-23(25)39-4)13-29(43-27)21(33)9-17(2)31(36)37/h10-17H,5-9H2,1-4H3,(H,34,35)(H,36,37). The Morgan fingerprint density at radius 1 is 0.651 bits per heavy atom. The molecule has 228 valence electrons. The zero-order valence-electron chi connectivity index (χ0n) is 24.1. The van der Waals surface area contributed by atoms with Crippen LogP contribution in [0.15, 0.2) is 36.4 Å². The third-order valence-corrected chi connectivity index (χ3v) is 11.6. The number of benzene rings is 2. The van der Waals surface area contributed by atoms with E-state index in [0.717, 1.165) is 19.3 Å². The predicted molar refractivity (Wildman–Crippen MR) is 162 cm³/mol. The topological polar surface area (TPSA) is 146 Å². The number of Topliss-reactive ketones (excluding diaryl/α,β-unsaturated/α-hetero) is 2. The zero-order chi connectivity index (χ0) is 31.3. The van der Waals surface area contributed by atoms with Crippen molar-refractivity contribution in [3.63, 3.8) is 0 Å². The molecule has 2 unspecified atom stereocenters. The number of ether oxygens (including phenoxy) is 4. The van der Waals surface area contributed by atoms with Gasteiger partial charge in [0, 0.05) is 0 Å². The Balaban J connectivity index is 1.38. The Hall–Kier alpha value is -3.56. The van der Waals surface area contributed by atoms with Crippen molar-refractivity contribution in [2.24, 2.45) is 11.8 Å². The molecule has 0 aliphatic heterocycles. The number of carbonyl (C=O) groups is 4. The number of rotatable bonds is 16. The van der Waals surface area contributed by atoms with E-state index >= 15 is 0 Å². The van der Waals surface area contributed by atoms with E-state index < -0.39 is 23.8 Å². The molecule has 43 heavy (non-hydrogen) atoms. The Morgan fingerprint density at radius 3 is 1.40 bits per heavy atom. The van der Waals surface area contributed by atoms with Crippen molar-refractivity contribution in [1.82, 2.24) is 0 Å². The normalized spacial score (nSPS) is 12.6. The maximum atomic E-state index is 12.6. The molecule has 4 aromatic rings. The first-order valence-corrected chi connectivity index (χ1v) is 16.9. The number of fused-ring (bicyclic) bond motifs is 2. The van der Waals surface area contributed by atoms with Gasteiger partial charge in [-0.15, -0.1) is 0 Å². The molecular weight excluding hydrogens is 690 g/mol. The molecule has 0 saturated heterocycles. The molecule has 2 aromatic carbocycles. The van der Waals surface area contributed by atoms with Crippen molar-refractivity contribution in [3.05, 3.63) is 45.3 Å². The van der Waals surface area contributed by atoms with E-state index in [1.165, 1.54) is 13.8 Å². The van der Waals surface area contributed by atoms with Crippen LogP contribution in [0.1, 0.15) is 51.6 Å². The Kier molecular flexibility index (Phi) is 10.7. The van der Waals surface area contributed by atoms with Crippen molar-refractivity contribution in [3.8, 4) is 23.0 Å². The van der Waals surface area contributed by atoms with Crippen molar-refractivity contribution in [2.75, 3.05) is 27.4 Å². The van der Waals surface area contributed by atoms with E-state index in [-0.39, 0.29) is 53.4 Å². The first-order valence-electron chi connectivity index (χ1n) is 13.5. The van der Waals surface area contributed by atoms with Crippen LogP contribution in [0.5, 0.6) is 23.0 Å². The molecule has 2 N–H and O–H groups in total. The van der Waals surface area contributed by atoms with E-state index in [2.05, 4.69) is 0 Å². The quantitative estimate of drug-likeness (QED) is 0.0960. The van der Waals surface area contributed by atoms with E-state index in [1.54, 1.807) is 14.2 Å². The minimum atomic E-state index is -0.990. The number of carboxylic acids is 2. The molecule has 0 radical (unpaired) electrons. The second kappa shape index (κ2) is 14.3. The van der Waals surface area contributed by atoms with Gasteiger partial charge in [0.15, 0.2) is 0 Å². The second-order valence-corrected chi connectivity index (χ2v) is 14.6. The van der Waals surface area contributed by atoms with Gasteiger partial charge in [0.05, 0.1) is 0 Å². The number of ketones is 2. The summed E-state index contributed by atoms with van der Waals surface area (Å²) in [5, 5.41) is 20.0. The van der Waals surface area contributed by atoms with E-state index in [9.17, 15) is 19.2 Å². The van der Waals surface area contributed by atoms with E-state index in [0.29, 0.717) is 51.5 Å². The average Bonchev–Trinajstić information content (AvgIpc) is 3.59. The van der Waals surface area contributed by atoms with Gasteiger partial charge in [-0.05, 0) is 0 Å². The van der Waals surface area contributed by atoms with Crippen LogP contribution in [0.3, 0.4) is 0 Å². The molecule has 0 amide bonds. The molecule has 2 aromatic heterocycles. The molecular formula is C31H32O10Se2. The van der Waals surface area contributed by atoms with Gasteiger partial charge < -0.3 is 0 Å². The fraction of sp³-hybridized carbons (Fsp3) is 0.355. The summed E-state index contributed by atoms with van der Waals surface area (Å²) in [6, 6.07) is 11.0. The van der Waals surface area contributed by atoms with Crippen LogP contribution >= 0.6 is 0 Å². The van der Waals surface area contributed by atoms with Crippen LogP contribution in [0.4, 0.5) is 0 Å². The van der Waals surface area contributed by atoms with Gasteiger partial charge in [-0.3, -0.25) is 0 Å². The zero-order valence-corrected chi connectivity index (χ0v) is 27.6. The number of hydrogen-bond acceptors (Lipinski definition) is 8. The van der Waals surface area contributed by atoms with E-state index in [1.807, 2.05) is 36.4 Å². The molecule has 10 nitrogen and oxygen atoms in total. The number of aliphatic carboxylic acids is 2. The summed E-state index contributed by atoms with van der Waals surface area (Å²) in [4.78, 5) is 47.5. The number of hydrogen-bond donors (Lipinski definition) is 2. The summed E-state index contributed by atoms with van der Waals surface area (Å²) < 4.78 is 26.2. The first kappa shape index (κ1) is 32.4. The SMILES string of the molecule is COc1cc2cc(C(=O)CC(C)C(=O)O)[se]c2cc1OCCCOc1cc2[se]c(C(=O)CC(C)C(=O)O)cc2cc1OC. The van der Waals surface area contributed by atoms with Crippen LogP contribution < -0.4 is 18.9 Å². The summed E-state index contributed by atoms with van der Waals surface area (Å²) in [5.74, 6) is -1.57. The molecule has 0 spiro atoms. The van der Waals surface area contributed by atoms with Crippen LogP contribution in [0.25, 0.3) is 19.3 Å². The van der Waals surface area contributed by atoms with Crippen molar-refractivity contribution < 1.29 is 48.3 Å². The fourth-order valence-electron chi connectivity index (χ4n) is 4.27. The van der Waals surface area contributed by atoms with Gasteiger partial charge in [-0.2, -0.15) is 0 Å². The summed E-state index contributed by atoms with van der Waals surface area (Å²) in [5.41, 5.74) is 0. The number of carboxylic acid groups (broad SMARTS) is 2. The third kappa shape index (κ3) is 7.89. The Morgan fingerprint density at radius 2 is 1.05 bits per heavy atom. The monoisotopic (exact) mass is 724 g/mol. The van der Waals surface area contributed by atoms with Crippen molar-refractivity contribution in [1.29, 1.82) is 0 Å². The van der Waals surface area contributed by atoms with Crippen molar-refractivity contribution in [2.45, 2.75) is 33.1 Å². The van der Waals surface area contributed by atoms with Gasteiger partial charge in [0.2, 0.25) is 0 Å². The van der Waals surface area contributed by atoms with Crippen molar-refractivity contribution >= 4 is 71.8 Å². The van der Waals surface area contributed by atoms with Gasteiger partial charge in [-0.25, -0.2) is 0 Å². The summed E-state index contributed by atoms with van der Waals surface area (Å²) in [7, 11) is 3.09. The Bertz CT molecular complexity index is 1550. The van der Waals surface area contributed by atoms with Crippen LogP contribution in [-0.2, 0) is 9.59 Å². The van der Waals surface area contributed by atoms with E-state index in [4.69, 9.17) is 29.2 Å². The third-order valence-electron chi connectivity index (χ3n) is 6.78. The van der Waals surface area contributed by atoms with Crippen LogP contribution in [-0.4, -0.2) is 90.2 Å². The molecule has 12 heteroatoms. The van der Waals surface area contributed by atoms with Crippen LogP contribution in [0.2, 0.25) is 0 Å². The average molecular weight is 723 g/mol. The molecule has 0 aliphatic carbocycles. The fourth-order valence-corrected chi connectivity index (χ4v) is 8.56. The Labute approximate surface area is 260 Å². The molecule has 0 fully saturated rings. The molecule has 0 saturated carbocycles. The molecule has 4 rings (SSSR count). The van der Waals surface area contributed by atoms with Gasteiger partial charge in [0.1, 0.15) is 0 Å². The van der Waals surface area contributed by atoms with Gasteiger partial charge in [0.25, 0.3) is 0 Å². The summed E-state index contributed by atoms with van der Waals surface area (Å²) >= 11 is -0.505. The number of carbonyl (C=O) groups excluding carboxylic acids is 2. The predicted octanol–water partition coefficient (Wildman–Crippen LogP) is 4.56. The molecule has 2 heterocycles. The number of methoxy groups -OCH3 is 2. The van der Waals surface area contributed by atoms with Crippen LogP contribution in [0, 0.1) is 11.8 Å². The minimum absolute atomic E-state index is 0.0325. The molecule has 0 aliphatic rings. The van der Waals surface area contributed by atoms with Gasteiger partial charge in [-0.1, -0.05) is 0 Å². The summed E-state index contributed by atoms with van der Waals surface area (Å²) in [6.45, 7) is 3.74. The molecule has 0 bridgehead atoms. The van der Waals surface area contributed by atoms with Gasteiger partial charge >= 0.3 is 261 Å². The maximum absolute atomic E-state index is 12.6. The first-order chi connectivity index (χ1) is 20.5. The molecule has 2 atom stereocenters.